The molecule has 2 aromatic heterocycles. The number of hydrogen-bond acceptors (Lipinski definition) is 5. The number of nitrogens with zero attached hydrogens (tertiary/aromatic N) is 5. The van der Waals surface area contributed by atoms with Crippen LogP contribution in [0.5, 0.6) is 0 Å². The number of halogens is 1. The molecular formula is C20H20ClN5OS. The molecule has 0 radical (unpaired) electrons. The minimum atomic E-state index is 0.0848. The van der Waals surface area contributed by atoms with E-state index < -0.39 is 0 Å². The monoisotopic (exact) mass is 413 g/mol. The molecule has 1 aromatic carbocycles. The highest BCUT2D eigenvalue weighted by molar-refractivity contribution is 7.99. The predicted molar refractivity (Wildman–Crippen MR) is 110 cm³/mol. The SMILES string of the molecule is CC(Sc1nnc(CN2CCCC2=O)n1-c1ccccn1)c1ccccc1Cl. The van der Waals surface area contributed by atoms with E-state index in [1.54, 1.807) is 18.0 Å². The zero-order valence-corrected chi connectivity index (χ0v) is 17.0. The van der Waals surface area contributed by atoms with Gasteiger partial charge in [-0.15, -0.1) is 10.2 Å². The van der Waals surface area contributed by atoms with E-state index in [0.717, 1.165) is 34.5 Å². The lowest BCUT2D eigenvalue weighted by Crippen LogP contribution is -2.25. The van der Waals surface area contributed by atoms with Crippen LogP contribution in [-0.2, 0) is 11.3 Å². The maximum absolute atomic E-state index is 12.1. The van der Waals surface area contributed by atoms with Gasteiger partial charge in [0.15, 0.2) is 11.0 Å². The molecule has 1 aliphatic heterocycles. The van der Waals surface area contributed by atoms with E-state index in [-0.39, 0.29) is 11.2 Å². The van der Waals surface area contributed by atoms with Gasteiger partial charge >= 0.3 is 0 Å². The van der Waals surface area contributed by atoms with Crippen LogP contribution in [0.25, 0.3) is 5.82 Å². The lowest BCUT2D eigenvalue weighted by Gasteiger charge is -2.17. The number of carbonyl (C=O) groups excluding carboxylic acids is 1. The largest absolute Gasteiger partial charge is 0.335 e. The first-order valence-corrected chi connectivity index (χ1v) is 10.4. The van der Waals surface area contributed by atoms with E-state index in [0.29, 0.717) is 18.8 Å². The number of benzene rings is 1. The molecule has 3 heterocycles. The van der Waals surface area contributed by atoms with E-state index in [1.165, 1.54) is 0 Å². The Bertz CT molecular complexity index is 978. The molecule has 28 heavy (non-hydrogen) atoms. The molecule has 4 rings (SSSR count). The third-order valence-corrected chi connectivity index (χ3v) is 6.13. The molecule has 144 valence electrons. The van der Waals surface area contributed by atoms with Gasteiger partial charge in [-0.05, 0) is 37.1 Å². The van der Waals surface area contributed by atoms with Crippen molar-refractivity contribution in [1.29, 1.82) is 0 Å². The highest BCUT2D eigenvalue weighted by Crippen LogP contribution is 2.38. The molecule has 1 saturated heterocycles. The summed E-state index contributed by atoms with van der Waals surface area (Å²) >= 11 is 7.94. The molecule has 0 saturated carbocycles. The van der Waals surface area contributed by atoms with Crippen molar-refractivity contribution in [3.8, 4) is 5.82 Å². The highest BCUT2D eigenvalue weighted by Gasteiger charge is 2.25. The summed E-state index contributed by atoms with van der Waals surface area (Å²) in [4.78, 5) is 18.4. The molecule has 8 heteroatoms. The van der Waals surface area contributed by atoms with Crippen molar-refractivity contribution < 1.29 is 4.79 Å². The fourth-order valence-electron chi connectivity index (χ4n) is 3.26. The van der Waals surface area contributed by atoms with Gasteiger partial charge in [-0.25, -0.2) is 4.98 Å². The molecule has 0 bridgehead atoms. The van der Waals surface area contributed by atoms with Gasteiger partial charge in [0.1, 0.15) is 5.82 Å². The molecule has 1 amide bonds. The highest BCUT2D eigenvalue weighted by atomic mass is 35.5. The first-order chi connectivity index (χ1) is 13.6. The third-order valence-electron chi connectivity index (χ3n) is 4.71. The Morgan fingerprint density at radius 3 is 2.71 bits per heavy atom. The van der Waals surface area contributed by atoms with Crippen molar-refractivity contribution in [3.63, 3.8) is 0 Å². The average molecular weight is 414 g/mol. The van der Waals surface area contributed by atoms with Gasteiger partial charge in [0.25, 0.3) is 0 Å². The fraction of sp³-hybridized carbons (Fsp3) is 0.300. The third kappa shape index (κ3) is 3.91. The number of pyridine rings is 1. The van der Waals surface area contributed by atoms with Gasteiger partial charge < -0.3 is 4.90 Å². The van der Waals surface area contributed by atoms with Gasteiger partial charge in [0.2, 0.25) is 5.91 Å². The molecule has 1 aliphatic rings. The Labute approximate surface area is 172 Å². The topological polar surface area (TPSA) is 63.9 Å². The van der Waals surface area contributed by atoms with Crippen molar-refractivity contribution in [2.75, 3.05) is 6.54 Å². The summed E-state index contributed by atoms with van der Waals surface area (Å²) in [5.74, 6) is 1.61. The number of rotatable bonds is 6. The summed E-state index contributed by atoms with van der Waals surface area (Å²) in [6.45, 7) is 3.28. The van der Waals surface area contributed by atoms with E-state index >= 15 is 0 Å². The minimum Gasteiger partial charge on any atom is -0.335 e. The Balaban J connectivity index is 1.67. The number of aromatic nitrogens is 4. The zero-order chi connectivity index (χ0) is 19.5. The van der Waals surface area contributed by atoms with E-state index in [4.69, 9.17) is 11.6 Å². The zero-order valence-electron chi connectivity index (χ0n) is 15.5. The number of likely N-dealkylation sites (tertiary alicyclic amines) is 1. The van der Waals surface area contributed by atoms with Crippen LogP contribution in [0.1, 0.15) is 36.4 Å². The fourth-order valence-corrected chi connectivity index (χ4v) is 4.67. The van der Waals surface area contributed by atoms with Crippen LogP contribution in [0.2, 0.25) is 5.02 Å². The Kier molecular flexibility index (Phi) is 5.64. The van der Waals surface area contributed by atoms with E-state index in [9.17, 15) is 4.79 Å². The van der Waals surface area contributed by atoms with E-state index in [1.807, 2.05) is 51.9 Å². The maximum atomic E-state index is 12.1. The van der Waals surface area contributed by atoms with Gasteiger partial charge in [0, 0.05) is 29.4 Å². The summed E-state index contributed by atoms with van der Waals surface area (Å²) < 4.78 is 1.93. The Morgan fingerprint density at radius 1 is 1.18 bits per heavy atom. The van der Waals surface area contributed by atoms with Crippen LogP contribution >= 0.6 is 23.4 Å². The Morgan fingerprint density at radius 2 is 2.00 bits per heavy atom. The van der Waals surface area contributed by atoms with Crippen LogP contribution in [0.4, 0.5) is 0 Å². The standard InChI is InChI=1S/C20H20ClN5OS/c1-14(15-7-2-3-8-16(15)21)28-20-24-23-18(13-25-12-6-10-19(25)27)26(20)17-9-4-5-11-22-17/h2-5,7-9,11,14H,6,10,12-13H2,1H3. The molecular weight excluding hydrogens is 394 g/mol. The second-order valence-corrected chi connectivity index (χ2v) is 8.34. The van der Waals surface area contributed by atoms with Crippen molar-refractivity contribution in [2.45, 2.75) is 36.7 Å². The van der Waals surface area contributed by atoms with Crippen LogP contribution < -0.4 is 0 Å². The van der Waals surface area contributed by atoms with Crippen molar-refractivity contribution in [1.82, 2.24) is 24.6 Å². The van der Waals surface area contributed by atoms with Gasteiger partial charge in [-0.1, -0.05) is 47.6 Å². The molecule has 0 aliphatic carbocycles. The molecule has 3 aromatic rings. The number of carbonyl (C=O) groups is 1. The number of hydrogen-bond donors (Lipinski definition) is 0. The summed E-state index contributed by atoms with van der Waals surface area (Å²) in [5.41, 5.74) is 1.04. The van der Waals surface area contributed by atoms with Crippen LogP contribution in [0, 0.1) is 0 Å². The molecule has 0 spiro atoms. The van der Waals surface area contributed by atoms with Crippen LogP contribution in [-0.4, -0.2) is 37.1 Å². The molecule has 1 fully saturated rings. The molecule has 6 nitrogen and oxygen atoms in total. The summed E-state index contributed by atoms with van der Waals surface area (Å²) in [5, 5.41) is 10.3. The van der Waals surface area contributed by atoms with Gasteiger partial charge in [-0.3, -0.25) is 9.36 Å². The number of thioether (sulfide) groups is 1. The van der Waals surface area contributed by atoms with E-state index in [2.05, 4.69) is 22.1 Å². The van der Waals surface area contributed by atoms with Gasteiger partial charge in [0.05, 0.1) is 6.54 Å². The lowest BCUT2D eigenvalue weighted by molar-refractivity contribution is -0.128. The summed E-state index contributed by atoms with van der Waals surface area (Å²) in [6.07, 6.45) is 3.23. The first kappa shape index (κ1) is 19.0. The predicted octanol–water partition coefficient (Wildman–Crippen LogP) is 4.29. The smallest absolute Gasteiger partial charge is 0.223 e. The van der Waals surface area contributed by atoms with Crippen molar-refractivity contribution in [3.05, 3.63) is 65.1 Å². The molecule has 0 N–H and O–H groups in total. The average Bonchev–Trinajstić information content (AvgIpc) is 3.29. The summed E-state index contributed by atoms with van der Waals surface area (Å²) in [7, 11) is 0. The first-order valence-electron chi connectivity index (χ1n) is 9.18. The molecule has 1 atom stereocenters. The van der Waals surface area contributed by atoms with Crippen molar-refractivity contribution in [2.24, 2.45) is 0 Å². The number of amides is 1. The second kappa shape index (κ2) is 8.32. The lowest BCUT2D eigenvalue weighted by atomic mass is 10.2. The van der Waals surface area contributed by atoms with Gasteiger partial charge in [-0.2, -0.15) is 0 Å². The normalized spacial score (nSPS) is 15.2. The van der Waals surface area contributed by atoms with Crippen LogP contribution in [0.15, 0.2) is 53.8 Å². The maximum Gasteiger partial charge on any atom is 0.223 e. The summed E-state index contributed by atoms with van der Waals surface area (Å²) in [6, 6.07) is 13.5. The Hall–Kier alpha value is -2.38. The second-order valence-electron chi connectivity index (χ2n) is 6.62. The molecule has 1 unspecified atom stereocenters. The van der Waals surface area contributed by atoms with Crippen LogP contribution in [0.3, 0.4) is 0 Å². The quantitative estimate of drug-likeness (QED) is 0.564. The minimum absolute atomic E-state index is 0.0848. The van der Waals surface area contributed by atoms with Crippen molar-refractivity contribution >= 4 is 29.3 Å².